The molecule has 0 unspecified atom stereocenters. The van der Waals surface area contributed by atoms with E-state index in [9.17, 15) is 13.2 Å². The summed E-state index contributed by atoms with van der Waals surface area (Å²) in [5.41, 5.74) is 0.543. The lowest BCUT2D eigenvalue weighted by Crippen LogP contribution is -2.32. The maximum absolute atomic E-state index is 12.2. The third-order valence-corrected chi connectivity index (χ3v) is 4.78. The number of nitrogens with one attached hydrogen (secondary N) is 1. The molecule has 0 saturated heterocycles. The van der Waals surface area contributed by atoms with Gasteiger partial charge in [0.1, 0.15) is 0 Å². The number of carboxylic acid groups (broad SMARTS) is 1. The van der Waals surface area contributed by atoms with Crippen LogP contribution in [0.1, 0.15) is 31.2 Å². The summed E-state index contributed by atoms with van der Waals surface area (Å²) < 4.78 is 27.1. The van der Waals surface area contributed by atoms with Crippen molar-refractivity contribution in [3.8, 4) is 0 Å². The summed E-state index contributed by atoms with van der Waals surface area (Å²) in [5, 5.41) is 8.58. The Kier molecular flexibility index (Phi) is 4.57. The molecule has 0 aliphatic heterocycles. The fourth-order valence-electron chi connectivity index (χ4n) is 2.28. The van der Waals surface area contributed by atoms with E-state index in [1.165, 1.54) is 18.2 Å². The summed E-state index contributed by atoms with van der Waals surface area (Å²) in [6.07, 6.45) is 6.20. The molecule has 0 aromatic heterocycles. The van der Waals surface area contributed by atoms with Crippen molar-refractivity contribution in [1.29, 1.82) is 0 Å². The Balaban J connectivity index is 2.18. The number of carbonyl (C=O) groups is 1. The fraction of sp³-hybridized carbons (Fsp3) is 0.357. The van der Waals surface area contributed by atoms with Crippen LogP contribution in [-0.2, 0) is 14.8 Å². The molecule has 20 heavy (non-hydrogen) atoms. The number of benzene rings is 1. The quantitative estimate of drug-likeness (QED) is 0.814. The zero-order chi connectivity index (χ0) is 14.6. The van der Waals surface area contributed by atoms with Gasteiger partial charge in [-0.05, 0) is 36.6 Å². The van der Waals surface area contributed by atoms with Gasteiger partial charge >= 0.3 is 5.97 Å². The monoisotopic (exact) mass is 295 g/mol. The second-order valence-electron chi connectivity index (χ2n) is 4.85. The second kappa shape index (κ2) is 6.19. The van der Waals surface area contributed by atoms with E-state index in [2.05, 4.69) is 4.72 Å². The van der Waals surface area contributed by atoms with Crippen LogP contribution in [0.25, 0.3) is 6.08 Å². The Morgan fingerprint density at radius 1 is 1.30 bits per heavy atom. The molecule has 0 amide bonds. The topological polar surface area (TPSA) is 83.5 Å². The molecule has 0 heterocycles. The average Bonchev–Trinajstić information content (AvgIpc) is 2.89. The van der Waals surface area contributed by atoms with Gasteiger partial charge in [0.15, 0.2) is 0 Å². The van der Waals surface area contributed by atoms with Gasteiger partial charge in [0.2, 0.25) is 10.0 Å². The van der Waals surface area contributed by atoms with E-state index in [1.54, 1.807) is 12.1 Å². The first-order valence-electron chi connectivity index (χ1n) is 6.51. The minimum atomic E-state index is -3.54. The van der Waals surface area contributed by atoms with Gasteiger partial charge in [-0.25, -0.2) is 17.9 Å². The molecule has 0 spiro atoms. The van der Waals surface area contributed by atoms with Gasteiger partial charge in [0, 0.05) is 12.1 Å². The number of aliphatic carboxylic acids is 1. The molecule has 6 heteroatoms. The van der Waals surface area contributed by atoms with Crippen molar-refractivity contribution >= 4 is 22.1 Å². The van der Waals surface area contributed by atoms with Crippen LogP contribution in [0.4, 0.5) is 0 Å². The predicted molar refractivity (Wildman–Crippen MR) is 75.7 cm³/mol. The van der Waals surface area contributed by atoms with Crippen LogP contribution in [0.5, 0.6) is 0 Å². The average molecular weight is 295 g/mol. The highest BCUT2D eigenvalue weighted by atomic mass is 32.2. The van der Waals surface area contributed by atoms with E-state index in [0.29, 0.717) is 5.56 Å². The third-order valence-electron chi connectivity index (χ3n) is 3.26. The summed E-state index contributed by atoms with van der Waals surface area (Å²) in [7, 11) is -3.54. The number of rotatable bonds is 5. The molecule has 1 aromatic carbocycles. The summed E-state index contributed by atoms with van der Waals surface area (Å²) in [4.78, 5) is 10.6. The molecule has 1 saturated carbocycles. The molecule has 5 nitrogen and oxygen atoms in total. The van der Waals surface area contributed by atoms with E-state index < -0.39 is 16.0 Å². The third kappa shape index (κ3) is 3.91. The van der Waals surface area contributed by atoms with Crippen LogP contribution < -0.4 is 4.72 Å². The second-order valence-corrected chi connectivity index (χ2v) is 6.56. The Bertz CT molecular complexity index is 616. The van der Waals surface area contributed by atoms with Crippen LogP contribution in [0.2, 0.25) is 0 Å². The lowest BCUT2D eigenvalue weighted by atomic mass is 10.2. The fourth-order valence-corrected chi connectivity index (χ4v) is 3.64. The first-order valence-corrected chi connectivity index (χ1v) is 7.99. The van der Waals surface area contributed by atoms with Crippen molar-refractivity contribution in [1.82, 2.24) is 4.72 Å². The van der Waals surface area contributed by atoms with Crippen LogP contribution in [0, 0.1) is 0 Å². The zero-order valence-electron chi connectivity index (χ0n) is 11.0. The zero-order valence-corrected chi connectivity index (χ0v) is 11.8. The van der Waals surface area contributed by atoms with Crippen molar-refractivity contribution in [2.45, 2.75) is 36.6 Å². The Hall–Kier alpha value is -1.66. The summed E-state index contributed by atoms with van der Waals surface area (Å²) in [5.74, 6) is -1.07. The molecule has 1 aliphatic carbocycles. The highest BCUT2D eigenvalue weighted by molar-refractivity contribution is 7.89. The van der Waals surface area contributed by atoms with E-state index >= 15 is 0 Å². The molecule has 1 aliphatic rings. The summed E-state index contributed by atoms with van der Waals surface area (Å²) in [6.45, 7) is 0. The van der Waals surface area contributed by atoms with Crippen molar-refractivity contribution in [3.63, 3.8) is 0 Å². The van der Waals surface area contributed by atoms with Gasteiger partial charge in [0.05, 0.1) is 4.90 Å². The molecule has 0 radical (unpaired) electrons. The molecular weight excluding hydrogens is 278 g/mol. The lowest BCUT2D eigenvalue weighted by Gasteiger charge is -2.12. The number of hydrogen-bond donors (Lipinski definition) is 2. The van der Waals surface area contributed by atoms with Gasteiger partial charge in [-0.2, -0.15) is 0 Å². The molecule has 0 atom stereocenters. The maximum atomic E-state index is 12.2. The van der Waals surface area contributed by atoms with Gasteiger partial charge in [-0.15, -0.1) is 0 Å². The number of carboxylic acids is 1. The van der Waals surface area contributed by atoms with Crippen LogP contribution in [-0.4, -0.2) is 25.5 Å². The lowest BCUT2D eigenvalue weighted by molar-refractivity contribution is -0.131. The summed E-state index contributed by atoms with van der Waals surface area (Å²) >= 11 is 0. The van der Waals surface area contributed by atoms with Crippen molar-refractivity contribution in [2.24, 2.45) is 0 Å². The van der Waals surface area contributed by atoms with E-state index in [1.807, 2.05) is 0 Å². The van der Waals surface area contributed by atoms with E-state index in [-0.39, 0.29) is 10.9 Å². The Labute approximate surface area is 118 Å². The molecule has 1 fully saturated rings. The van der Waals surface area contributed by atoms with E-state index in [0.717, 1.165) is 31.8 Å². The van der Waals surface area contributed by atoms with Crippen molar-refractivity contribution in [3.05, 3.63) is 35.9 Å². The molecular formula is C14H17NO4S. The Morgan fingerprint density at radius 3 is 2.65 bits per heavy atom. The predicted octanol–water partition coefficient (Wildman–Crippen LogP) is 2.01. The molecule has 2 N–H and O–H groups in total. The van der Waals surface area contributed by atoms with Gasteiger partial charge in [0.25, 0.3) is 0 Å². The van der Waals surface area contributed by atoms with Crippen LogP contribution in [0.15, 0.2) is 35.2 Å². The number of sulfonamides is 1. The largest absolute Gasteiger partial charge is 0.478 e. The Morgan fingerprint density at radius 2 is 2.00 bits per heavy atom. The smallest absolute Gasteiger partial charge is 0.328 e. The van der Waals surface area contributed by atoms with Gasteiger partial charge in [-0.3, -0.25) is 0 Å². The highest BCUT2D eigenvalue weighted by Crippen LogP contribution is 2.21. The molecule has 108 valence electrons. The van der Waals surface area contributed by atoms with Gasteiger partial charge in [-0.1, -0.05) is 25.0 Å². The van der Waals surface area contributed by atoms with Gasteiger partial charge < -0.3 is 5.11 Å². The minimum absolute atomic E-state index is 0.0122. The first kappa shape index (κ1) is 14.7. The molecule has 0 bridgehead atoms. The van der Waals surface area contributed by atoms with E-state index in [4.69, 9.17) is 5.11 Å². The SMILES string of the molecule is O=C(O)C=Cc1cccc(S(=O)(=O)NC2CCCC2)c1. The maximum Gasteiger partial charge on any atom is 0.328 e. The molecule has 2 rings (SSSR count). The van der Waals surface area contributed by atoms with Crippen molar-refractivity contribution < 1.29 is 18.3 Å². The minimum Gasteiger partial charge on any atom is -0.478 e. The standard InChI is InChI=1S/C14H17NO4S/c16-14(17)9-8-11-4-3-7-13(10-11)20(18,19)15-12-5-1-2-6-12/h3-4,7-10,12,15H,1-2,5-6H2,(H,16,17). The van der Waals surface area contributed by atoms with Crippen LogP contribution >= 0.6 is 0 Å². The first-order chi connectivity index (χ1) is 9.47. The van der Waals surface area contributed by atoms with Crippen LogP contribution in [0.3, 0.4) is 0 Å². The molecule has 1 aromatic rings. The normalized spacial score (nSPS) is 16.8. The highest BCUT2D eigenvalue weighted by Gasteiger charge is 2.22. The summed E-state index contributed by atoms with van der Waals surface area (Å²) in [6, 6.07) is 6.25. The van der Waals surface area contributed by atoms with Crippen molar-refractivity contribution in [2.75, 3.05) is 0 Å². The number of hydrogen-bond acceptors (Lipinski definition) is 3.